The third-order valence-electron chi connectivity index (χ3n) is 2.67. The van der Waals surface area contributed by atoms with E-state index in [0.29, 0.717) is 18.1 Å². The Kier molecular flexibility index (Phi) is 3.31. The van der Waals surface area contributed by atoms with Gasteiger partial charge in [0, 0.05) is 13.1 Å². The molecular formula is C11H13ClN2O2. The SMILES string of the molecule is O=C1NCCN(c2ccccc2Cl)C1CO. The number of anilines is 1. The fourth-order valence-electron chi connectivity index (χ4n) is 1.87. The molecule has 1 saturated heterocycles. The van der Waals surface area contributed by atoms with E-state index in [-0.39, 0.29) is 12.5 Å². The van der Waals surface area contributed by atoms with E-state index in [1.807, 2.05) is 23.1 Å². The van der Waals surface area contributed by atoms with E-state index in [9.17, 15) is 9.90 Å². The lowest BCUT2D eigenvalue weighted by Gasteiger charge is -2.36. The highest BCUT2D eigenvalue weighted by atomic mass is 35.5. The molecular weight excluding hydrogens is 228 g/mol. The molecule has 86 valence electrons. The second-order valence-electron chi connectivity index (χ2n) is 3.63. The number of halogens is 1. The second-order valence-corrected chi connectivity index (χ2v) is 4.04. The van der Waals surface area contributed by atoms with Gasteiger partial charge in [0.25, 0.3) is 0 Å². The van der Waals surface area contributed by atoms with Crippen LogP contribution in [-0.2, 0) is 4.79 Å². The van der Waals surface area contributed by atoms with Crippen LogP contribution in [0.25, 0.3) is 0 Å². The van der Waals surface area contributed by atoms with Gasteiger partial charge in [0.1, 0.15) is 6.04 Å². The maximum Gasteiger partial charge on any atom is 0.245 e. The highest BCUT2D eigenvalue weighted by Gasteiger charge is 2.29. The molecule has 1 heterocycles. The largest absolute Gasteiger partial charge is 0.394 e. The van der Waals surface area contributed by atoms with E-state index in [1.54, 1.807) is 6.07 Å². The quantitative estimate of drug-likeness (QED) is 0.798. The lowest BCUT2D eigenvalue weighted by Crippen LogP contribution is -2.57. The molecule has 5 heteroatoms. The molecule has 0 aliphatic carbocycles. The van der Waals surface area contributed by atoms with Gasteiger partial charge in [-0.05, 0) is 12.1 Å². The summed E-state index contributed by atoms with van der Waals surface area (Å²) in [5, 5.41) is 12.6. The standard InChI is InChI=1S/C11H13ClN2O2/c12-8-3-1-2-4-9(8)14-6-5-13-11(16)10(14)7-15/h1-4,10,15H,5-7H2,(H,13,16). The molecule has 1 aromatic rings. The predicted molar refractivity (Wildman–Crippen MR) is 62.7 cm³/mol. The fourth-order valence-corrected chi connectivity index (χ4v) is 2.11. The van der Waals surface area contributed by atoms with Crippen molar-refractivity contribution in [1.82, 2.24) is 5.32 Å². The molecule has 0 radical (unpaired) electrons. The number of hydrogen-bond acceptors (Lipinski definition) is 3. The van der Waals surface area contributed by atoms with Crippen LogP contribution in [-0.4, -0.2) is 36.8 Å². The monoisotopic (exact) mass is 240 g/mol. The minimum atomic E-state index is -0.548. The molecule has 0 bridgehead atoms. The number of para-hydroxylation sites is 1. The first-order valence-corrected chi connectivity index (χ1v) is 5.51. The zero-order valence-electron chi connectivity index (χ0n) is 8.69. The summed E-state index contributed by atoms with van der Waals surface area (Å²) in [6, 6.07) is 6.78. The molecule has 1 aromatic carbocycles. The molecule has 1 atom stereocenters. The van der Waals surface area contributed by atoms with Crippen LogP contribution in [0, 0.1) is 0 Å². The van der Waals surface area contributed by atoms with Crippen molar-refractivity contribution in [1.29, 1.82) is 0 Å². The number of rotatable bonds is 2. The third-order valence-corrected chi connectivity index (χ3v) is 2.99. The van der Waals surface area contributed by atoms with E-state index < -0.39 is 6.04 Å². The number of hydrogen-bond donors (Lipinski definition) is 2. The summed E-state index contributed by atoms with van der Waals surface area (Å²) < 4.78 is 0. The van der Waals surface area contributed by atoms with E-state index in [1.165, 1.54) is 0 Å². The summed E-state index contributed by atoms with van der Waals surface area (Å²) in [5.74, 6) is -0.159. The van der Waals surface area contributed by atoms with Gasteiger partial charge in [0.2, 0.25) is 5.91 Å². The van der Waals surface area contributed by atoms with Crippen molar-refractivity contribution < 1.29 is 9.90 Å². The summed E-state index contributed by atoms with van der Waals surface area (Å²) in [4.78, 5) is 13.4. The maximum absolute atomic E-state index is 11.6. The van der Waals surface area contributed by atoms with Gasteiger partial charge < -0.3 is 15.3 Å². The Balaban J connectivity index is 2.31. The van der Waals surface area contributed by atoms with Crippen LogP contribution in [0.1, 0.15) is 0 Å². The van der Waals surface area contributed by atoms with Crippen molar-refractivity contribution in [3.63, 3.8) is 0 Å². The summed E-state index contributed by atoms with van der Waals surface area (Å²) in [7, 11) is 0. The first-order chi connectivity index (χ1) is 7.74. The van der Waals surface area contributed by atoms with Crippen LogP contribution in [0.2, 0.25) is 5.02 Å². The maximum atomic E-state index is 11.6. The molecule has 1 unspecified atom stereocenters. The Morgan fingerprint density at radius 3 is 2.94 bits per heavy atom. The first kappa shape index (κ1) is 11.2. The molecule has 1 aliphatic rings. The number of carbonyl (C=O) groups is 1. The summed E-state index contributed by atoms with van der Waals surface area (Å²) in [6.45, 7) is 1.01. The van der Waals surface area contributed by atoms with Gasteiger partial charge >= 0.3 is 0 Å². The molecule has 1 fully saturated rings. The number of nitrogens with zero attached hydrogens (tertiary/aromatic N) is 1. The van der Waals surface area contributed by atoms with Crippen LogP contribution >= 0.6 is 11.6 Å². The van der Waals surface area contributed by atoms with Gasteiger partial charge in [0.15, 0.2) is 0 Å². The number of nitrogens with one attached hydrogen (secondary N) is 1. The number of piperazine rings is 1. The van der Waals surface area contributed by atoms with Gasteiger partial charge in [0.05, 0.1) is 17.3 Å². The topological polar surface area (TPSA) is 52.6 Å². The second kappa shape index (κ2) is 4.72. The number of aliphatic hydroxyl groups is 1. The Morgan fingerprint density at radius 2 is 2.25 bits per heavy atom. The lowest BCUT2D eigenvalue weighted by atomic mass is 10.1. The molecule has 1 aliphatic heterocycles. The molecule has 1 amide bonds. The fraction of sp³-hybridized carbons (Fsp3) is 0.364. The van der Waals surface area contributed by atoms with Crippen LogP contribution in [0.5, 0.6) is 0 Å². The zero-order valence-corrected chi connectivity index (χ0v) is 9.44. The van der Waals surface area contributed by atoms with Gasteiger partial charge in [-0.1, -0.05) is 23.7 Å². The summed E-state index contributed by atoms with van der Waals surface area (Å²) in [5.41, 5.74) is 0.790. The van der Waals surface area contributed by atoms with Crippen LogP contribution in [0.4, 0.5) is 5.69 Å². The molecule has 2 N–H and O–H groups in total. The molecule has 16 heavy (non-hydrogen) atoms. The van der Waals surface area contributed by atoms with E-state index in [2.05, 4.69) is 5.32 Å². The summed E-state index contributed by atoms with van der Waals surface area (Å²) in [6.07, 6.45) is 0. The zero-order chi connectivity index (χ0) is 11.5. The molecule has 0 saturated carbocycles. The van der Waals surface area contributed by atoms with Crippen molar-refractivity contribution in [3.05, 3.63) is 29.3 Å². The molecule has 4 nitrogen and oxygen atoms in total. The van der Waals surface area contributed by atoms with Crippen LogP contribution in [0.15, 0.2) is 24.3 Å². The van der Waals surface area contributed by atoms with Crippen molar-refractivity contribution in [2.24, 2.45) is 0 Å². The van der Waals surface area contributed by atoms with E-state index in [0.717, 1.165) is 5.69 Å². The van der Waals surface area contributed by atoms with Crippen LogP contribution < -0.4 is 10.2 Å². The van der Waals surface area contributed by atoms with Gasteiger partial charge in [-0.2, -0.15) is 0 Å². The Morgan fingerprint density at radius 1 is 1.50 bits per heavy atom. The Bertz CT molecular complexity index is 397. The molecule has 2 rings (SSSR count). The average molecular weight is 241 g/mol. The van der Waals surface area contributed by atoms with Gasteiger partial charge in [-0.25, -0.2) is 0 Å². The van der Waals surface area contributed by atoms with Crippen molar-refractivity contribution in [3.8, 4) is 0 Å². The number of aliphatic hydroxyl groups excluding tert-OH is 1. The Hall–Kier alpha value is -1.26. The minimum absolute atomic E-state index is 0.159. The Labute approximate surface area is 98.8 Å². The van der Waals surface area contributed by atoms with Crippen molar-refractivity contribution in [2.45, 2.75) is 6.04 Å². The molecule has 0 spiro atoms. The van der Waals surface area contributed by atoms with Crippen molar-refractivity contribution in [2.75, 3.05) is 24.6 Å². The normalized spacial score (nSPS) is 20.8. The number of benzene rings is 1. The molecule has 0 aromatic heterocycles. The first-order valence-electron chi connectivity index (χ1n) is 5.14. The highest BCUT2D eigenvalue weighted by molar-refractivity contribution is 6.33. The van der Waals surface area contributed by atoms with Crippen molar-refractivity contribution >= 4 is 23.2 Å². The minimum Gasteiger partial charge on any atom is -0.394 e. The predicted octanol–water partition coefficient (Wildman–Crippen LogP) is 0.637. The number of carbonyl (C=O) groups excluding carboxylic acids is 1. The highest BCUT2D eigenvalue weighted by Crippen LogP contribution is 2.27. The van der Waals surface area contributed by atoms with E-state index >= 15 is 0 Å². The summed E-state index contributed by atoms with van der Waals surface area (Å²) >= 11 is 6.07. The van der Waals surface area contributed by atoms with Gasteiger partial charge in [-0.15, -0.1) is 0 Å². The third kappa shape index (κ3) is 1.99. The van der Waals surface area contributed by atoms with Crippen LogP contribution in [0.3, 0.4) is 0 Å². The van der Waals surface area contributed by atoms with E-state index in [4.69, 9.17) is 11.6 Å². The number of amides is 1. The smallest absolute Gasteiger partial charge is 0.245 e. The average Bonchev–Trinajstić information content (AvgIpc) is 2.29. The lowest BCUT2D eigenvalue weighted by molar-refractivity contribution is -0.124. The van der Waals surface area contributed by atoms with Gasteiger partial charge in [-0.3, -0.25) is 4.79 Å².